The second kappa shape index (κ2) is 10.8. The molecule has 1 aliphatic rings. The predicted molar refractivity (Wildman–Crippen MR) is 99.0 cm³/mol. The van der Waals surface area contributed by atoms with Crippen LogP contribution < -0.4 is 4.74 Å². The summed E-state index contributed by atoms with van der Waals surface area (Å²) in [5.74, 6) is -0.0130. The molecular formula is C21H28O5. The van der Waals surface area contributed by atoms with Crippen molar-refractivity contribution in [2.75, 3.05) is 6.61 Å². The van der Waals surface area contributed by atoms with Gasteiger partial charge in [0, 0.05) is 18.8 Å². The Morgan fingerprint density at radius 1 is 1.19 bits per heavy atom. The molecule has 3 atom stereocenters. The van der Waals surface area contributed by atoms with Gasteiger partial charge in [0.15, 0.2) is 0 Å². The molecule has 0 aliphatic heterocycles. The van der Waals surface area contributed by atoms with Gasteiger partial charge in [-0.1, -0.05) is 30.4 Å². The first kappa shape index (κ1) is 20.2. The molecule has 2 N–H and O–H groups in total. The summed E-state index contributed by atoms with van der Waals surface area (Å²) in [5, 5.41) is 18.8. The van der Waals surface area contributed by atoms with E-state index in [1.165, 1.54) is 0 Å². The molecule has 0 heterocycles. The third-order valence-corrected chi connectivity index (χ3v) is 4.86. The van der Waals surface area contributed by atoms with E-state index >= 15 is 0 Å². The summed E-state index contributed by atoms with van der Waals surface area (Å²) < 4.78 is 5.67. The second-order valence-electron chi connectivity index (χ2n) is 6.80. The molecule has 1 aliphatic carbocycles. The fraction of sp³-hybridized carbons (Fsp3) is 0.524. The molecule has 5 nitrogen and oxygen atoms in total. The third-order valence-electron chi connectivity index (χ3n) is 4.86. The van der Waals surface area contributed by atoms with Gasteiger partial charge in [-0.3, -0.25) is 9.59 Å². The highest BCUT2D eigenvalue weighted by atomic mass is 16.5. The molecule has 1 aromatic carbocycles. The van der Waals surface area contributed by atoms with E-state index in [1.807, 2.05) is 42.5 Å². The van der Waals surface area contributed by atoms with Gasteiger partial charge in [0.1, 0.15) is 11.5 Å². The number of carbonyl (C=O) groups excluding carboxylic acids is 1. The van der Waals surface area contributed by atoms with Crippen molar-refractivity contribution in [3.8, 4) is 5.75 Å². The van der Waals surface area contributed by atoms with Crippen molar-refractivity contribution in [2.24, 2.45) is 11.8 Å². The quantitative estimate of drug-likeness (QED) is 0.465. The number of carboxylic acids is 1. The van der Waals surface area contributed by atoms with Gasteiger partial charge in [0.2, 0.25) is 0 Å². The van der Waals surface area contributed by atoms with Gasteiger partial charge < -0.3 is 14.9 Å². The van der Waals surface area contributed by atoms with Crippen molar-refractivity contribution < 1.29 is 24.5 Å². The number of para-hydroxylation sites is 1. The van der Waals surface area contributed by atoms with Gasteiger partial charge in [0.05, 0.1) is 12.7 Å². The Hall–Kier alpha value is -2.14. The third kappa shape index (κ3) is 6.64. The number of hydrogen-bond acceptors (Lipinski definition) is 4. The molecule has 142 valence electrons. The maximum absolute atomic E-state index is 12.1. The van der Waals surface area contributed by atoms with Crippen LogP contribution in [0.1, 0.15) is 44.9 Å². The minimum atomic E-state index is -0.822. The molecule has 2 rings (SSSR count). The van der Waals surface area contributed by atoms with Crippen LogP contribution >= 0.6 is 0 Å². The molecule has 0 radical (unpaired) electrons. The van der Waals surface area contributed by atoms with Gasteiger partial charge in [-0.2, -0.15) is 0 Å². The molecule has 5 heteroatoms. The van der Waals surface area contributed by atoms with Crippen molar-refractivity contribution >= 4 is 11.8 Å². The van der Waals surface area contributed by atoms with Crippen LogP contribution in [0.25, 0.3) is 0 Å². The van der Waals surface area contributed by atoms with E-state index in [9.17, 15) is 14.7 Å². The molecule has 26 heavy (non-hydrogen) atoms. The number of rotatable bonds is 11. The van der Waals surface area contributed by atoms with E-state index < -0.39 is 12.1 Å². The highest BCUT2D eigenvalue weighted by Gasteiger charge is 2.39. The van der Waals surface area contributed by atoms with Crippen LogP contribution in [-0.2, 0) is 9.59 Å². The lowest BCUT2D eigenvalue weighted by Gasteiger charge is -2.20. The summed E-state index contributed by atoms with van der Waals surface area (Å²) in [6.45, 7) is 0.626. The first-order valence-electron chi connectivity index (χ1n) is 9.33. The van der Waals surface area contributed by atoms with Crippen molar-refractivity contribution in [1.82, 2.24) is 0 Å². The van der Waals surface area contributed by atoms with Crippen molar-refractivity contribution in [2.45, 2.75) is 51.0 Å². The lowest BCUT2D eigenvalue weighted by atomic mass is 9.87. The Morgan fingerprint density at radius 3 is 2.69 bits per heavy atom. The topological polar surface area (TPSA) is 83.8 Å². The molecule has 1 saturated carbocycles. The van der Waals surface area contributed by atoms with E-state index in [-0.39, 0.29) is 30.5 Å². The maximum atomic E-state index is 12.1. The van der Waals surface area contributed by atoms with Crippen LogP contribution in [0.5, 0.6) is 5.75 Å². The van der Waals surface area contributed by atoms with Gasteiger partial charge >= 0.3 is 5.97 Å². The standard InChI is InChI=1S/C21H28O5/c22-19-15-20(23)18(17(19)11-5-2-6-13-21(24)25)12-7-8-14-26-16-9-3-1-4-10-16/h1-5,9-10,17-18,20,23H,6-8,11-15H2,(H,24,25)/b5-2-/t17-,18-,20-/m1/s1. The first-order chi connectivity index (χ1) is 12.6. The van der Waals surface area contributed by atoms with Crippen LogP contribution in [0.2, 0.25) is 0 Å². The van der Waals surface area contributed by atoms with Crippen LogP contribution in [0.15, 0.2) is 42.5 Å². The first-order valence-corrected chi connectivity index (χ1v) is 9.33. The fourth-order valence-electron chi connectivity index (χ4n) is 3.47. The number of hydrogen-bond donors (Lipinski definition) is 2. The van der Waals surface area contributed by atoms with Gasteiger partial charge in [-0.15, -0.1) is 0 Å². The molecule has 0 aromatic heterocycles. The number of carboxylic acid groups (broad SMARTS) is 1. The van der Waals surface area contributed by atoms with E-state index in [0.717, 1.165) is 25.0 Å². The van der Waals surface area contributed by atoms with Crippen molar-refractivity contribution in [3.05, 3.63) is 42.5 Å². The Labute approximate surface area is 154 Å². The molecule has 0 bridgehead atoms. The summed E-state index contributed by atoms with van der Waals surface area (Å²) in [6.07, 6.45) is 7.12. The molecule has 0 saturated heterocycles. The monoisotopic (exact) mass is 360 g/mol. The zero-order chi connectivity index (χ0) is 18.8. The number of Topliss-reactive ketones (excluding diaryl/α,β-unsaturated/α-hetero) is 1. The summed E-state index contributed by atoms with van der Waals surface area (Å²) in [6, 6.07) is 9.66. The Kier molecular flexibility index (Phi) is 8.35. The van der Waals surface area contributed by atoms with Gasteiger partial charge in [0.25, 0.3) is 0 Å². The maximum Gasteiger partial charge on any atom is 0.303 e. The highest BCUT2D eigenvalue weighted by molar-refractivity contribution is 5.84. The average Bonchev–Trinajstić information content (AvgIpc) is 2.88. The van der Waals surface area contributed by atoms with E-state index in [0.29, 0.717) is 19.4 Å². The van der Waals surface area contributed by atoms with Crippen LogP contribution in [-0.4, -0.2) is 34.7 Å². The smallest absolute Gasteiger partial charge is 0.303 e. The lowest BCUT2D eigenvalue weighted by molar-refractivity contribution is -0.136. The van der Waals surface area contributed by atoms with Crippen molar-refractivity contribution in [3.63, 3.8) is 0 Å². The largest absolute Gasteiger partial charge is 0.494 e. The summed E-state index contributed by atoms with van der Waals surface area (Å²) in [7, 11) is 0. The number of aliphatic hydroxyl groups excluding tert-OH is 1. The molecule has 1 fully saturated rings. The van der Waals surface area contributed by atoms with Crippen LogP contribution in [0, 0.1) is 11.8 Å². The second-order valence-corrected chi connectivity index (χ2v) is 6.80. The Morgan fingerprint density at radius 2 is 1.96 bits per heavy atom. The predicted octanol–water partition coefficient (Wildman–Crippen LogP) is 3.61. The molecule has 0 amide bonds. The number of aliphatic hydroxyl groups is 1. The minimum Gasteiger partial charge on any atom is -0.494 e. The molecule has 0 spiro atoms. The van der Waals surface area contributed by atoms with Crippen molar-refractivity contribution in [1.29, 1.82) is 0 Å². The average molecular weight is 360 g/mol. The zero-order valence-corrected chi connectivity index (χ0v) is 15.0. The summed E-state index contributed by atoms with van der Waals surface area (Å²) >= 11 is 0. The fourth-order valence-corrected chi connectivity index (χ4v) is 3.47. The SMILES string of the molecule is O=C(O)CC/C=C\C[C@H]1C(=O)C[C@@H](O)[C@@H]1CCCCOc1ccccc1. The van der Waals surface area contributed by atoms with E-state index in [2.05, 4.69) is 0 Å². The number of unbranched alkanes of at least 4 members (excludes halogenated alkanes) is 1. The number of aliphatic carboxylic acids is 1. The number of benzene rings is 1. The molecule has 1 aromatic rings. The minimum absolute atomic E-state index is 0.0108. The van der Waals surface area contributed by atoms with Crippen LogP contribution in [0.4, 0.5) is 0 Å². The lowest BCUT2D eigenvalue weighted by Crippen LogP contribution is -2.20. The number of ketones is 1. The van der Waals surface area contributed by atoms with Gasteiger partial charge in [-0.05, 0) is 50.2 Å². The van der Waals surface area contributed by atoms with Crippen LogP contribution in [0.3, 0.4) is 0 Å². The zero-order valence-electron chi connectivity index (χ0n) is 15.0. The molecule has 0 unspecified atom stereocenters. The highest BCUT2D eigenvalue weighted by Crippen LogP contribution is 2.35. The number of ether oxygens (including phenoxy) is 1. The Bertz CT molecular complexity index is 596. The number of carbonyl (C=O) groups is 2. The normalized spacial score (nSPS) is 22.8. The van der Waals surface area contributed by atoms with E-state index in [4.69, 9.17) is 9.84 Å². The van der Waals surface area contributed by atoms with E-state index in [1.54, 1.807) is 0 Å². The molecular weight excluding hydrogens is 332 g/mol. The Balaban J connectivity index is 1.71. The summed E-state index contributed by atoms with van der Waals surface area (Å²) in [5.41, 5.74) is 0. The van der Waals surface area contributed by atoms with Gasteiger partial charge in [-0.25, -0.2) is 0 Å². The summed E-state index contributed by atoms with van der Waals surface area (Å²) in [4.78, 5) is 22.6. The number of allylic oxidation sites excluding steroid dienone is 2.